The number of hydrogen-bond acceptors (Lipinski definition) is 4. The van der Waals surface area contributed by atoms with Crippen LogP contribution in [0, 0.1) is 0 Å². The van der Waals surface area contributed by atoms with Crippen LogP contribution < -0.4 is 20.7 Å². The number of rotatable bonds is 9. The summed E-state index contributed by atoms with van der Waals surface area (Å²) in [4.78, 5) is 24.6. The van der Waals surface area contributed by atoms with Crippen molar-refractivity contribution in [2.24, 2.45) is 0 Å². The van der Waals surface area contributed by atoms with Crippen LogP contribution in [0.3, 0.4) is 0 Å². The molecule has 0 radical (unpaired) electrons. The molecule has 2 amide bonds. The van der Waals surface area contributed by atoms with Gasteiger partial charge in [-0.05, 0) is 55.0 Å². The Kier molecular flexibility index (Phi) is 7.44. The average molecular weight is 403 g/mol. The zero-order chi connectivity index (χ0) is 21.2. The molecule has 0 atom stereocenters. The van der Waals surface area contributed by atoms with E-state index in [4.69, 9.17) is 4.74 Å². The van der Waals surface area contributed by atoms with Crippen molar-refractivity contribution in [3.63, 3.8) is 0 Å². The highest BCUT2D eigenvalue weighted by atomic mass is 16.5. The number of anilines is 2. The van der Waals surface area contributed by atoms with Crippen molar-refractivity contribution in [3.05, 3.63) is 90.0 Å². The molecule has 0 aromatic heterocycles. The van der Waals surface area contributed by atoms with Crippen molar-refractivity contribution in [2.45, 2.75) is 13.5 Å². The predicted molar refractivity (Wildman–Crippen MR) is 119 cm³/mol. The Hall–Kier alpha value is -3.80. The molecule has 0 saturated carbocycles. The summed E-state index contributed by atoms with van der Waals surface area (Å²) >= 11 is 0. The summed E-state index contributed by atoms with van der Waals surface area (Å²) in [6, 6.07) is 24.0. The maximum Gasteiger partial charge on any atom is 0.251 e. The van der Waals surface area contributed by atoms with E-state index in [1.165, 1.54) is 0 Å². The second kappa shape index (κ2) is 10.7. The number of amides is 2. The molecule has 0 aliphatic rings. The van der Waals surface area contributed by atoms with Gasteiger partial charge in [-0.3, -0.25) is 9.59 Å². The summed E-state index contributed by atoms with van der Waals surface area (Å²) in [7, 11) is 0. The average Bonchev–Trinajstić information content (AvgIpc) is 2.78. The first kappa shape index (κ1) is 20.9. The Morgan fingerprint density at radius 1 is 0.867 bits per heavy atom. The molecule has 0 fully saturated rings. The fraction of sp³-hybridized carbons (Fsp3) is 0.167. The van der Waals surface area contributed by atoms with Gasteiger partial charge in [-0.2, -0.15) is 0 Å². The standard InChI is InChI=1S/C24H25N3O3/c1-2-30-22-13-11-20(12-14-22)27-23(28)17-25-21-10-6-9-19(15-21)24(29)26-16-18-7-4-3-5-8-18/h3-15,25H,2,16-17H2,1H3,(H,26,29)(H,27,28). The highest BCUT2D eigenvalue weighted by Crippen LogP contribution is 2.16. The van der Waals surface area contributed by atoms with E-state index in [9.17, 15) is 9.59 Å². The molecule has 3 N–H and O–H groups in total. The van der Waals surface area contributed by atoms with Gasteiger partial charge in [0.1, 0.15) is 5.75 Å². The first-order chi connectivity index (χ1) is 14.6. The lowest BCUT2D eigenvalue weighted by Crippen LogP contribution is -2.23. The van der Waals surface area contributed by atoms with Gasteiger partial charge < -0.3 is 20.7 Å². The second-order valence-electron chi connectivity index (χ2n) is 6.61. The van der Waals surface area contributed by atoms with Crippen LogP contribution in [0.15, 0.2) is 78.9 Å². The Balaban J connectivity index is 1.49. The number of carbonyl (C=O) groups is 2. The maximum atomic E-state index is 12.4. The second-order valence-corrected chi connectivity index (χ2v) is 6.61. The Bertz CT molecular complexity index is 973. The number of ether oxygens (including phenoxy) is 1. The molecular formula is C24H25N3O3. The summed E-state index contributed by atoms with van der Waals surface area (Å²) in [5, 5.41) is 8.77. The molecule has 0 heterocycles. The molecule has 3 aromatic carbocycles. The van der Waals surface area contributed by atoms with Crippen LogP contribution in [0.2, 0.25) is 0 Å². The lowest BCUT2D eigenvalue weighted by molar-refractivity contribution is -0.114. The lowest BCUT2D eigenvalue weighted by atomic mass is 10.1. The number of carbonyl (C=O) groups excluding carboxylic acids is 2. The molecule has 0 saturated heterocycles. The fourth-order valence-corrected chi connectivity index (χ4v) is 2.84. The number of benzene rings is 3. The van der Waals surface area contributed by atoms with Gasteiger partial charge in [0.05, 0.1) is 13.2 Å². The van der Waals surface area contributed by atoms with E-state index in [1.807, 2.05) is 55.5 Å². The van der Waals surface area contributed by atoms with Crippen LogP contribution >= 0.6 is 0 Å². The van der Waals surface area contributed by atoms with Crippen molar-refractivity contribution in [2.75, 3.05) is 23.8 Å². The molecule has 3 aromatic rings. The zero-order valence-electron chi connectivity index (χ0n) is 16.9. The van der Waals surface area contributed by atoms with E-state index in [1.54, 1.807) is 30.3 Å². The quantitative estimate of drug-likeness (QED) is 0.503. The molecule has 0 unspecified atom stereocenters. The third-order valence-corrected chi connectivity index (χ3v) is 4.32. The molecule has 0 aliphatic carbocycles. The summed E-state index contributed by atoms with van der Waals surface area (Å²) in [6.45, 7) is 3.06. The van der Waals surface area contributed by atoms with E-state index < -0.39 is 0 Å². The van der Waals surface area contributed by atoms with Crippen LogP contribution in [0.25, 0.3) is 0 Å². The summed E-state index contributed by atoms with van der Waals surface area (Å²) in [6.07, 6.45) is 0. The van der Waals surface area contributed by atoms with Gasteiger partial charge in [0.15, 0.2) is 0 Å². The van der Waals surface area contributed by atoms with Crippen molar-refractivity contribution >= 4 is 23.2 Å². The smallest absolute Gasteiger partial charge is 0.251 e. The van der Waals surface area contributed by atoms with Gasteiger partial charge in [0.2, 0.25) is 5.91 Å². The minimum Gasteiger partial charge on any atom is -0.494 e. The SMILES string of the molecule is CCOc1ccc(NC(=O)CNc2cccc(C(=O)NCc3ccccc3)c2)cc1. The number of nitrogens with one attached hydrogen (secondary N) is 3. The van der Waals surface area contributed by atoms with Gasteiger partial charge in [-0.15, -0.1) is 0 Å². The first-order valence-corrected chi connectivity index (χ1v) is 9.83. The Morgan fingerprint density at radius 2 is 1.63 bits per heavy atom. The van der Waals surface area contributed by atoms with E-state index in [2.05, 4.69) is 16.0 Å². The van der Waals surface area contributed by atoms with Crippen LogP contribution in [0.5, 0.6) is 5.75 Å². The van der Waals surface area contributed by atoms with Crippen molar-refractivity contribution in [3.8, 4) is 5.75 Å². The van der Waals surface area contributed by atoms with Crippen molar-refractivity contribution in [1.29, 1.82) is 0 Å². The monoisotopic (exact) mass is 403 g/mol. The van der Waals surface area contributed by atoms with E-state index in [0.717, 1.165) is 11.3 Å². The third kappa shape index (κ3) is 6.38. The molecule has 6 heteroatoms. The van der Waals surface area contributed by atoms with Gasteiger partial charge in [-0.1, -0.05) is 36.4 Å². The van der Waals surface area contributed by atoms with Gasteiger partial charge in [0.25, 0.3) is 5.91 Å². The Morgan fingerprint density at radius 3 is 2.37 bits per heavy atom. The van der Waals surface area contributed by atoms with E-state index >= 15 is 0 Å². The van der Waals surface area contributed by atoms with Gasteiger partial charge >= 0.3 is 0 Å². The van der Waals surface area contributed by atoms with Gasteiger partial charge in [0, 0.05) is 23.5 Å². The molecule has 3 rings (SSSR count). The van der Waals surface area contributed by atoms with Crippen molar-refractivity contribution in [1.82, 2.24) is 5.32 Å². The minimum absolute atomic E-state index is 0.0856. The molecular weight excluding hydrogens is 378 g/mol. The topological polar surface area (TPSA) is 79.5 Å². The molecule has 154 valence electrons. The van der Waals surface area contributed by atoms with Crippen LogP contribution in [0.4, 0.5) is 11.4 Å². The molecule has 0 aliphatic heterocycles. The highest BCUT2D eigenvalue weighted by Gasteiger charge is 2.07. The van der Waals surface area contributed by atoms with E-state index in [0.29, 0.717) is 30.1 Å². The zero-order valence-corrected chi connectivity index (χ0v) is 16.9. The molecule has 30 heavy (non-hydrogen) atoms. The summed E-state index contributed by atoms with van der Waals surface area (Å²) < 4.78 is 5.39. The lowest BCUT2D eigenvalue weighted by Gasteiger charge is -2.10. The normalized spacial score (nSPS) is 10.2. The van der Waals surface area contributed by atoms with E-state index in [-0.39, 0.29) is 18.4 Å². The largest absolute Gasteiger partial charge is 0.494 e. The summed E-state index contributed by atoms with van der Waals surface area (Å²) in [5.41, 5.74) is 2.96. The first-order valence-electron chi connectivity index (χ1n) is 9.83. The predicted octanol–water partition coefficient (Wildman–Crippen LogP) is 4.07. The Labute approximate surface area is 176 Å². The van der Waals surface area contributed by atoms with Gasteiger partial charge in [-0.25, -0.2) is 0 Å². The molecule has 6 nitrogen and oxygen atoms in total. The molecule has 0 bridgehead atoms. The van der Waals surface area contributed by atoms with Crippen LogP contribution in [-0.4, -0.2) is 25.0 Å². The van der Waals surface area contributed by atoms with Crippen molar-refractivity contribution < 1.29 is 14.3 Å². The fourth-order valence-electron chi connectivity index (χ4n) is 2.84. The highest BCUT2D eigenvalue weighted by molar-refractivity contribution is 5.96. The third-order valence-electron chi connectivity index (χ3n) is 4.32. The van der Waals surface area contributed by atoms with Crippen LogP contribution in [-0.2, 0) is 11.3 Å². The maximum absolute atomic E-state index is 12.4. The molecule has 0 spiro atoms. The van der Waals surface area contributed by atoms with Crippen LogP contribution in [0.1, 0.15) is 22.8 Å². The minimum atomic E-state index is -0.182. The number of hydrogen-bond donors (Lipinski definition) is 3. The summed E-state index contributed by atoms with van der Waals surface area (Å²) in [5.74, 6) is 0.412.